The van der Waals surface area contributed by atoms with Crippen LogP contribution in [0.2, 0.25) is 0 Å². The van der Waals surface area contributed by atoms with Crippen LogP contribution in [-0.4, -0.2) is 16.4 Å². The summed E-state index contributed by atoms with van der Waals surface area (Å²) in [7, 11) is 0. The molecule has 1 aliphatic rings. The predicted molar refractivity (Wildman–Crippen MR) is 80.5 cm³/mol. The maximum absolute atomic E-state index is 8.96. The third-order valence-corrected chi connectivity index (χ3v) is 4.85. The van der Waals surface area contributed by atoms with Crippen molar-refractivity contribution in [3.05, 3.63) is 51.0 Å². The van der Waals surface area contributed by atoms with E-state index in [-0.39, 0.29) is 0 Å². The van der Waals surface area contributed by atoms with E-state index in [4.69, 9.17) is 5.26 Å². The third-order valence-electron chi connectivity index (χ3n) is 3.62. The highest BCUT2D eigenvalue weighted by Crippen LogP contribution is 2.26. The first kappa shape index (κ1) is 13.3. The fourth-order valence-electron chi connectivity index (χ4n) is 2.59. The topological polar surface area (TPSA) is 39.9 Å². The average molecular weight is 283 g/mol. The van der Waals surface area contributed by atoms with Gasteiger partial charge in [-0.15, -0.1) is 11.3 Å². The van der Waals surface area contributed by atoms with E-state index in [1.54, 1.807) is 0 Å². The Labute approximate surface area is 123 Å². The van der Waals surface area contributed by atoms with E-state index >= 15 is 0 Å². The Morgan fingerprint density at radius 1 is 1.45 bits per heavy atom. The van der Waals surface area contributed by atoms with Crippen LogP contribution in [0.1, 0.15) is 33.6 Å². The molecule has 2 heterocycles. The van der Waals surface area contributed by atoms with Crippen molar-refractivity contribution >= 4 is 11.3 Å². The van der Waals surface area contributed by atoms with Crippen LogP contribution >= 0.6 is 11.3 Å². The molecule has 0 unspecified atom stereocenters. The van der Waals surface area contributed by atoms with Crippen molar-refractivity contribution < 1.29 is 0 Å². The lowest BCUT2D eigenvalue weighted by atomic mass is 10.1. The number of nitriles is 1. The summed E-state index contributed by atoms with van der Waals surface area (Å²) in [5.41, 5.74) is 3.26. The van der Waals surface area contributed by atoms with Gasteiger partial charge in [0.05, 0.1) is 22.3 Å². The molecular formula is C16H17N3S. The van der Waals surface area contributed by atoms with Gasteiger partial charge in [-0.25, -0.2) is 4.98 Å². The number of aromatic nitrogens is 1. The molecule has 0 atom stereocenters. The second-order valence-electron chi connectivity index (χ2n) is 5.10. The molecule has 20 heavy (non-hydrogen) atoms. The summed E-state index contributed by atoms with van der Waals surface area (Å²) in [6, 6.07) is 10.1. The van der Waals surface area contributed by atoms with Crippen molar-refractivity contribution in [1.82, 2.24) is 9.88 Å². The maximum Gasteiger partial charge on any atom is 0.0991 e. The molecule has 0 fully saturated rings. The zero-order chi connectivity index (χ0) is 13.9. The summed E-state index contributed by atoms with van der Waals surface area (Å²) in [5.74, 6) is 0. The highest BCUT2D eigenvalue weighted by atomic mass is 32.1. The molecule has 2 aromatic rings. The lowest BCUT2D eigenvalue weighted by Gasteiger charge is -2.25. The number of rotatable bonds is 3. The second-order valence-corrected chi connectivity index (χ2v) is 6.27. The summed E-state index contributed by atoms with van der Waals surface area (Å²) in [5, 5.41) is 10.2. The summed E-state index contributed by atoms with van der Waals surface area (Å²) >= 11 is 1.85. The van der Waals surface area contributed by atoms with Gasteiger partial charge in [-0.05, 0) is 24.1 Å². The van der Waals surface area contributed by atoms with Crippen LogP contribution in [0.3, 0.4) is 0 Å². The zero-order valence-corrected chi connectivity index (χ0v) is 12.4. The molecule has 1 aromatic heterocycles. The number of benzene rings is 1. The molecule has 102 valence electrons. The van der Waals surface area contributed by atoms with Gasteiger partial charge < -0.3 is 0 Å². The number of aryl methyl sites for hydroxylation is 1. The molecule has 0 N–H and O–H groups in total. The molecule has 0 radical (unpaired) electrons. The molecule has 0 bridgehead atoms. The van der Waals surface area contributed by atoms with Gasteiger partial charge in [-0.2, -0.15) is 5.26 Å². The standard InChI is InChI=1S/C16H17N3S/c1-2-16-18-14-6-7-19(11-15(14)20-16)10-13-5-3-4-12(8-13)9-17/h3-5,8H,2,6-7,10-11H2,1H3. The zero-order valence-electron chi connectivity index (χ0n) is 11.6. The molecule has 3 rings (SSSR count). The Hall–Kier alpha value is -1.70. The predicted octanol–water partition coefficient (Wildman–Crippen LogP) is 3.14. The summed E-state index contributed by atoms with van der Waals surface area (Å²) in [6.45, 7) is 5.12. The molecule has 0 amide bonds. The fourth-order valence-corrected chi connectivity index (χ4v) is 3.68. The molecule has 3 nitrogen and oxygen atoms in total. The minimum absolute atomic E-state index is 0.742. The highest BCUT2D eigenvalue weighted by molar-refractivity contribution is 7.11. The van der Waals surface area contributed by atoms with Gasteiger partial charge in [0.1, 0.15) is 0 Å². The van der Waals surface area contributed by atoms with Crippen molar-refractivity contribution in [3.63, 3.8) is 0 Å². The minimum atomic E-state index is 0.742. The van der Waals surface area contributed by atoms with Crippen LogP contribution in [0.15, 0.2) is 24.3 Å². The third kappa shape index (κ3) is 2.74. The van der Waals surface area contributed by atoms with Gasteiger partial charge >= 0.3 is 0 Å². The number of hydrogen-bond acceptors (Lipinski definition) is 4. The van der Waals surface area contributed by atoms with Crippen LogP contribution in [0, 0.1) is 11.3 Å². The van der Waals surface area contributed by atoms with Crippen molar-refractivity contribution in [3.8, 4) is 6.07 Å². The van der Waals surface area contributed by atoms with Gasteiger partial charge in [0.15, 0.2) is 0 Å². The Morgan fingerprint density at radius 2 is 2.35 bits per heavy atom. The van der Waals surface area contributed by atoms with E-state index in [2.05, 4.69) is 28.9 Å². The SMILES string of the molecule is CCc1nc2c(s1)CN(Cc1cccc(C#N)c1)CC2. The number of thiazole rings is 1. The largest absolute Gasteiger partial charge is 0.294 e. The lowest BCUT2D eigenvalue weighted by molar-refractivity contribution is 0.247. The van der Waals surface area contributed by atoms with E-state index in [1.807, 2.05) is 29.5 Å². The normalized spacial score (nSPS) is 14.8. The molecule has 0 saturated heterocycles. The van der Waals surface area contributed by atoms with Crippen molar-refractivity contribution in [2.24, 2.45) is 0 Å². The molecule has 1 aliphatic heterocycles. The minimum Gasteiger partial charge on any atom is -0.294 e. The quantitative estimate of drug-likeness (QED) is 0.869. The van der Waals surface area contributed by atoms with Gasteiger partial charge in [0, 0.05) is 30.9 Å². The fraction of sp³-hybridized carbons (Fsp3) is 0.375. The lowest BCUT2D eigenvalue weighted by Crippen LogP contribution is -2.29. The van der Waals surface area contributed by atoms with Crippen molar-refractivity contribution in [1.29, 1.82) is 5.26 Å². The first-order valence-corrected chi connectivity index (χ1v) is 7.79. The van der Waals surface area contributed by atoms with E-state index in [1.165, 1.54) is 21.1 Å². The van der Waals surface area contributed by atoms with E-state index in [0.29, 0.717) is 0 Å². The van der Waals surface area contributed by atoms with Crippen LogP contribution in [-0.2, 0) is 25.9 Å². The Kier molecular flexibility index (Phi) is 3.81. The van der Waals surface area contributed by atoms with Crippen LogP contribution in [0.4, 0.5) is 0 Å². The molecular weight excluding hydrogens is 266 g/mol. The Bertz CT molecular complexity index is 654. The van der Waals surface area contributed by atoms with E-state index in [0.717, 1.165) is 38.0 Å². The highest BCUT2D eigenvalue weighted by Gasteiger charge is 2.20. The summed E-state index contributed by atoms with van der Waals surface area (Å²) in [6.07, 6.45) is 2.08. The van der Waals surface area contributed by atoms with Gasteiger partial charge in [-0.3, -0.25) is 4.90 Å². The first-order valence-electron chi connectivity index (χ1n) is 6.97. The van der Waals surface area contributed by atoms with Crippen LogP contribution in [0.5, 0.6) is 0 Å². The van der Waals surface area contributed by atoms with E-state index < -0.39 is 0 Å². The van der Waals surface area contributed by atoms with Crippen LogP contribution in [0.25, 0.3) is 0 Å². The van der Waals surface area contributed by atoms with Gasteiger partial charge in [0.2, 0.25) is 0 Å². The van der Waals surface area contributed by atoms with Crippen LogP contribution < -0.4 is 0 Å². The monoisotopic (exact) mass is 283 g/mol. The number of hydrogen-bond donors (Lipinski definition) is 0. The smallest absolute Gasteiger partial charge is 0.0991 e. The number of fused-ring (bicyclic) bond motifs is 1. The molecule has 0 aliphatic carbocycles. The Morgan fingerprint density at radius 3 is 3.15 bits per heavy atom. The molecule has 0 saturated carbocycles. The van der Waals surface area contributed by atoms with Gasteiger partial charge in [0.25, 0.3) is 0 Å². The summed E-state index contributed by atoms with van der Waals surface area (Å²) < 4.78 is 0. The first-order chi connectivity index (χ1) is 9.78. The van der Waals surface area contributed by atoms with E-state index in [9.17, 15) is 0 Å². The second kappa shape index (κ2) is 5.74. The molecule has 0 spiro atoms. The average Bonchev–Trinajstić information content (AvgIpc) is 2.90. The van der Waals surface area contributed by atoms with Crippen molar-refractivity contribution in [2.75, 3.05) is 6.54 Å². The maximum atomic E-state index is 8.96. The van der Waals surface area contributed by atoms with Crippen molar-refractivity contribution in [2.45, 2.75) is 32.9 Å². The summed E-state index contributed by atoms with van der Waals surface area (Å²) in [4.78, 5) is 8.55. The molecule has 4 heteroatoms. The Balaban J connectivity index is 1.72. The molecule has 1 aromatic carbocycles. The van der Waals surface area contributed by atoms with Gasteiger partial charge in [-0.1, -0.05) is 19.1 Å². The number of nitrogens with zero attached hydrogens (tertiary/aromatic N) is 3.